The predicted molar refractivity (Wildman–Crippen MR) is 77.5 cm³/mol. The van der Waals surface area contributed by atoms with Gasteiger partial charge in [-0.3, -0.25) is 4.79 Å². The van der Waals surface area contributed by atoms with Crippen molar-refractivity contribution in [2.75, 3.05) is 34.2 Å². The van der Waals surface area contributed by atoms with Gasteiger partial charge in [0.25, 0.3) is 0 Å². The third kappa shape index (κ3) is 4.44. The van der Waals surface area contributed by atoms with Crippen LogP contribution in [0.15, 0.2) is 0 Å². The minimum absolute atomic E-state index is 0.181. The monoisotopic (exact) mass is 271 g/mol. The zero-order valence-corrected chi connectivity index (χ0v) is 12.9. The fourth-order valence-electron chi connectivity index (χ4n) is 2.81. The minimum Gasteiger partial charge on any atom is -0.480 e. The standard InChI is InChI=1S/C14H29N3O2/c1-11(2)15-12(13(18)19)9-17(5)10-14(16(3)4)7-6-8-14/h11-12,15H,6-10H2,1-5H3,(H,18,19). The molecule has 0 aromatic carbocycles. The molecule has 1 atom stereocenters. The van der Waals surface area contributed by atoms with Gasteiger partial charge in [0.05, 0.1) is 0 Å². The Bertz CT molecular complexity index is 301. The first-order valence-electron chi connectivity index (χ1n) is 7.12. The van der Waals surface area contributed by atoms with Gasteiger partial charge in [0.2, 0.25) is 0 Å². The normalized spacial score (nSPS) is 19.8. The van der Waals surface area contributed by atoms with Crippen LogP contribution in [0.25, 0.3) is 0 Å². The molecule has 112 valence electrons. The SMILES string of the molecule is CC(C)NC(CN(C)CC1(N(C)C)CCC1)C(=O)O. The Morgan fingerprint density at radius 2 is 1.89 bits per heavy atom. The van der Waals surface area contributed by atoms with Gasteiger partial charge in [-0.05, 0) is 40.4 Å². The van der Waals surface area contributed by atoms with E-state index in [2.05, 4.69) is 29.2 Å². The maximum atomic E-state index is 11.3. The third-order valence-corrected chi connectivity index (χ3v) is 4.12. The molecule has 0 bridgehead atoms. The number of carboxylic acids is 1. The van der Waals surface area contributed by atoms with E-state index in [4.69, 9.17) is 0 Å². The van der Waals surface area contributed by atoms with Crippen LogP contribution >= 0.6 is 0 Å². The highest BCUT2D eigenvalue weighted by atomic mass is 16.4. The lowest BCUT2D eigenvalue weighted by Gasteiger charge is -2.49. The number of nitrogens with zero attached hydrogens (tertiary/aromatic N) is 2. The Morgan fingerprint density at radius 3 is 2.21 bits per heavy atom. The highest BCUT2D eigenvalue weighted by Gasteiger charge is 2.40. The topological polar surface area (TPSA) is 55.8 Å². The molecular formula is C14H29N3O2. The molecule has 0 aromatic rings. The van der Waals surface area contributed by atoms with Crippen molar-refractivity contribution in [3.05, 3.63) is 0 Å². The van der Waals surface area contributed by atoms with Crippen LogP contribution in [0, 0.1) is 0 Å². The van der Waals surface area contributed by atoms with Gasteiger partial charge in [0, 0.05) is 24.7 Å². The molecule has 1 saturated carbocycles. The van der Waals surface area contributed by atoms with Crippen LogP contribution in [0.4, 0.5) is 0 Å². The molecule has 0 heterocycles. The second-order valence-electron chi connectivity index (χ2n) is 6.38. The summed E-state index contributed by atoms with van der Waals surface area (Å²) in [4.78, 5) is 15.7. The van der Waals surface area contributed by atoms with Gasteiger partial charge in [-0.2, -0.15) is 0 Å². The lowest BCUT2D eigenvalue weighted by molar-refractivity contribution is -0.140. The van der Waals surface area contributed by atoms with E-state index in [1.807, 2.05) is 20.9 Å². The molecule has 5 heteroatoms. The Hall–Kier alpha value is -0.650. The Kier molecular flexibility index (Phi) is 5.77. The average Bonchev–Trinajstić information content (AvgIpc) is 2.21. The molecule has 1 unspecified atom stereocenters. The zero-order chi connectivity index (χ0) is 14.6. The summed E-state index contributed by atoms with van der Waals surface area (Å²) in [6.07, 6.45) is 3.69. The number of carbonyl (C=O) groups is 1. The van der Waals surface area contributed by atoms with Crippen molar-refractivity contribution in [2.45, 2.75) is 50.7 Å². The molecule has 0 amide bonds. The fraction of sp³-hybridized carbons (Fsp3) is 0.929. The molecule has 0 aromatic heterocycles. The highest BCUT2D eigenvalue weighted by Crippen LogP contribution is 2.36. The van der Waals surface area contributed by atoms with Crippen molar-refractivity contribution in [1.29, 1.82) is 0 Å². The van der Waals surface area contributed by atoms with Gasteiger partial charge >= 0.3 is 5.97 Å². The molecule has 0 radical (unpaired) electrons. The lowest BCUT2D eigenvalue weighted by atomic mass is 9.75. The largest absolute Gasteiger partial charge is 0.480 e. The number of carboxylic acid groups (broad SMARTS) is 1. The highest BCUT2D eigenvalue weighted by molar-refractivity contribution is 5.73. The van der Waals surface area contributed by atoms with Gasteiger partial charge in [0.1, 0.15) is 6.04 Å². The summed E-state index contributed by atoms with van der Waals surface area (Å²) in [6.45, 7) is 5.43. The summed E-state index contributed by atoms with van der Waals surface area (Å²) in [7, 11) is 6.25. The number of hydrogen-bond acceptors (Lipinski definition) is 4. The number of nitrogens with one attached hydrogen (secondary N) is 1. The molecule has 1 fully saturated rings. The summed E-state index contributed by atoms with van der Waals surface area (Å²) < 4.78 is 0. The van der Waals surface area contributed by atoms with Crippen molar-refractivity contribution in [1.82, 2.24) is 15.1 Å². The van der Waals surface area contributed by atoms with Crippen LogP contribution in [-0.4, -0.2) is 72.7 Å². The molecule has 0 spiro atoms. The number of hydrogen-bond donors (Lipinski definition) is 2. The van der Waals surface area contributed by atoms with E-state index in [9.17, 15) is 9.90 Å². The van der Waals surface area contributed by atoms with Gasteiger partial charge in [-0.15, -0.1) is 0 Å². The maximum Gasteiger partial charge on any atom is 0.322 e. The van der Waals surface area contributed by atoms with Gasteiger partial charge in [-0.25, -0.2) is 0 Å². The third-order valence-electron chi connectivity index (χ3n) is 4.12. The smallest absolute Gasteiger partial charge is 0.322 e. The van der Waals surface area contributed by atoms with E-state index in [-0.39, 0.29) is 11.6 Å². The van der Waals surface area contributed by atoms with Crippen molar-refractivity contribution < 1.29 is 9.90 Å². The van der Waals surface area contributed by atoms with Crippen LogP contribution < -0.4 is 5.32 Å². The minimum atomic E-state index is -0.770. The van der Waals surface area contributed by atoms with Crippen molar-refractivity contribution in [3.8, 4) is 0 Å². The van der Waals surface area contributed by atoms with E-state index >= 15 is 0 Å². The first kappa shape index (κ1) is 16.4. The summed E-state index contributed by atoms with van der Waals surface area (Å²) in [5.74, 6) is -0.770. The van der Waals surface area contributed by atoms with Gasteiger partial charge in [0.15, 0.2) is 0 Å². The second-order valence-corrected chi connectivity index (χ2v) is 6.38. The van der Waals surface area contributed by atoms with Gasteiger partial charge < -0.3 is 20.2 Å². The van der Waals surface area contributed by atoms with E-state index in [1.54, 1.807) is 0 Å². The molecule has 0 aliphatic heterocycles. The molecule has 19 heavy (non-hydrogen) atoms. The van der Waals surface area contributed by atoms with E-state index in [0.717, 1.165) is 6.54 Å². The first-order chi connectivity index (χ1) is 8.77. The van der Waals surface area contributed by atoms with Crippen LogP contribution in [0.3, 0.4) is 0 Å². The Morgan fingerprint density at radius 1 is 1.32 bits per heavy atom. The van der Waals surface area contributed by atoms with E-state index in [1.165, 1.54) is 19.3 Å². The van der Waals surface area contributed by atoms with Crippen LogP contribution in [0.1, 0.15) is 33.1 Å². The summed E-state index contributed by atoms with van der Waals surface area (Å²) in [5, 5.41) is 12.4. The molecular weight excluding hydrogens is 242 g/mol. The second kappa shape index (κ2) is 6.68. The first-order valence-corrected chi connectivity index (χ1v) is 7.12. The molecule has 0 saturated heterocycles. The fourth-order valence-corrected chi connectivity index (χ4v) is 2.81. The molecule has 1 rings (SSSR count). The van der Waals surface area contributed by atoms with Crippen LogP contribution in [0.5, 0.6) is 0 Å². The van der Waals surface area contributed by atoms with Crippen molar-refractivity contribution in [3.63, 3.8) is 0 Å². The molecule has 5 nitrogen and oxygen atoms in total. The van der Waals surface area contributed by atoms with Crippen molar-refractivity contribution in [2.24, 2.45) is 0 Å². The average molecular weight is 271 g/mol. The summed E-state index contributed by atoms with van der Waals surface area (Å²) >= 11 is 0. The molecule has 2 N–H and O–H groups in total. The number of aliphatic carboxylic acids is 1. The van der Waals surface area contributed by atoms with E-state index < -0.39 is 12.0 Å². The van der Waals surface area contributed by atoms with E-state index in [0.29, 0.717) is 6.54 Å². The number of rotatable bonds is 8. The van der Waals surface area contributed by atoms with Gasteiger partial charge in [-0.1, -0.05) is 13.8 Å². The number of likely N-dealkylation sites (N-methyl/N-ethyl adjacent to an activating group) is 2. The van der Waals surface area contributed by atoms with Crippen LogP contribution in [0.2, 0.25) is 0 Å². The summed E-state index contributed by atoms with van der Waals surface area (Å²) in [5.41, 5.74) is 0.246. The molecule has 1 aliphatic carbocycles. The van der Waals surface area contributed by atoms with Crippen molar-refractivity contribution >= 4 is 5.97 Å². The quantitative estimate of drug-likeness (QED) is 0.685. The Labute approximate surface area is 117 Å². The zero-order valence-electron chi connectivity index (χ0n) is 12.9. The lowest BCUT2D eigenvalue weighted by Crippen LogP contribution is -2.58. The Balaban J connectivity index is 2.52. The van der Waals surface area contributed by atoms with Crippen LogP contribution in [-0.2, 0) is 4.79 Å². The summed E-state index contributed by atoms with van der Waals surface area (Å²) in [6, 6.07) is -0.315. The maximum absolute atomic E-state index is 11.3. The predicted octanol–water partition coefficient (Wildman–Crippen LogP) is 0.854. The molecule has 1 aliphatic rings.